The van der Waals surface area contributed by atoms with Crippen molar-refractivity contribution in [1.29, 1.82) is 0 Å². The van der Waals surface area contributed by atoms with Crippen molar-refractivity contribution < 1.29 is 35.2 Å². The fourth-order valence-corrected chi connectivity index (χ4v) is 4.58. The number of primary amides is 2. The Balaban J connectivity index is -0.000000315. The van der Waals surface area contributed by atoms with Crippen LogP contribution in [0.3, 0.4) is 0 Å². The number of carbonyl (C=O) groups is 2. The van der Waals surface area contributed by atoms with E-state index < -0.39 is 43.7 Å². The van der Waals surface area contributed by atoms with Crippen molar-refractivity contribution in [3.8, 4) is 0 Å². The molecule has 1 aromatic carbocycles. The number of hydrogen-bond acceptors (Lipinski definition) is 7. The molecule has 0 aromatic heterocycles. The summed E-state index contributed by atoms with van der Waals surface area (Å²) in [5.74, 6) is -2.34. The average Bonchev–Trinajstić information content (AvgIpc) is 2.76. The Kier molecular flexibility index (Phi) is 32.0. The molecule has 2 amide bonds. The topological polar surface area (TPSA) is 184 Å². The first-order chi connectivity index (χ1) is 15.9. The van der Waals surface area contributed by atoms with Crippen molar-refractivity contribution in [2.75, 3.05) is 6.61 Å². The SMILES string of the molecule is CCCCCCCCCCCCOS(=O)(=O)c1ccccc1.NC(=O)CC(C(N)=O)S(=O)(=O)O.[Ca].[Na].[Na]. The van der Waals surface area contributed by atoms with Gasteiger partial charge in [-0.1, -0.05) is 82.9 Å². The summed E-state index contributed by atoms with van der Waals surface area (Å²) in [6.45, 7) is 2.52. The molecule has 5 N–H and O–H groups in total. The molecule has 0 spiro atoms. The number of amides is 2. The predicted molar refractivity (Wildman–Crippen MR) is 147 cm³/mol. The quantitative estimate of drug-likeness (QED) is 0.103. The fourth-order valence-electron chi connectivity index (χ4n) is 2.95. The number of nitrogens with two attached hydrogens (primary N) is 2. The van der Waals surface area contributed by atoms with Crippen LogP contribution in [-0.2, 0) is 34.0 Å². The molecular weight excluding hydrogens is 570 g/mol. The molecule has 0 bridgehead atoms. The number of unbranched alkanes of at least 4 members (excludes halogenated alkanes) is 9. The minimum Gasteiger partial charge on any atom is -0.370 e. The van der Waals surface area contributed by atoms with Crippen molar-refractivity contribution >= 4 is 129 Å². The first-order valence-corrected chi connectivity index (χ1v) is 14.3. The van der Waals surface area contributed by atoms with Gasteiger partial charge in [0.15, 0.2) is 5.25 Å². The van der Waals surface area contributed by atoms with E-state index in [9.17, 15) is 26.4 Å². The third kappa shape index (κ3) is 24.7. The smallest absolute Gasteiger partial charge is 0.296 e. The van der Waals surface area contributed by atoms with Crippen LogP contribution in [0.4, 0.5) is 0 Å². The summed E-state index contributed by atoms with van der Waals surface area (Å²) in [5, 5.41) is -1.95. The third-order valence-corrected chi connectivity index (χ3v) is 7.28. The molecule has 0 aliphatic carbocycles. The van der Waals surface area contributed by atoms with E-state index in [0.717, 1.165) is 12.8 Å². The van der Waals surface area contributed by atoms with E-state index >= 15 is 0 Å². The van der Waals surface area contributed by atoms with Crippen molar-refractivity contribution in [2.24, 2.45) is 11.5 Å². The fraction of sp³-hybridized carbons (Fsp3) is 0.636. The zero-order chi connectivity index (χ0) is 26.0. The Hall–Kier alpha value is 1.24. The molecule has 1 rings (SSSR count). The first kappa shape index (κ1) is 45.2. The molecule has 4 radical (unpaired) electrons. The Morgan fingerprint density at radius 2 is 1.27 bits per heavy atom. The van der Waals surface area contributed by atoms with E-state index in [1.54, 1.807) is 30.3 Å². The summed E-state index contributed by atoms with van der Waals surface area (Å²) in [4.78, 5) is 20.8. The largest absolute Gasteiger partial charge is 0.370 e. The molecule has 0 aliphatic heterocycles. The van der Waals surface area contributed by atoms with Gasteiger partial charge in [-0.3, -0.25) is 18.3 Å². The summed E-state index contributed by atoms with van der Waals surface area (Å²) in [5.41, 5.74) is 9.19. The molecule has 1 unspecified atom stereocenters. The maximum Gasteiger partial charge on any atom is 0.296 e. The second-order valence-electron chi connectivity index (χ2n) is 7.85. The summed E-state index contributed by atoms with van der Waals surface area (Å²) < 4.78 is 57.9. The van der Waals surface area contributed by atoms with Crippen molar-refractivity contribution in [2.45, 2.75) is 87.7 Å². The van der Waals surface area contributed by atoms with E-state index in [-0.39, 0.29) is 108 Å². The molecule has 1 atom stereocenters. The van der Waals surface area contributed by atoms with Crippen LogP contribution >= 0.6 is 0 Å². The molecule has 0 saturated carbocycles. The molecule has 0 aliphatic rings. The summed E-state index contributed by atoms with van der Waals surface area (Å²) in [6.07, 6.45) is 11.5. The van der Waals surface area contributed by atoms with E-state index in [0.29, 0.717) is 0 Å². The molecule has 0 fully saturated rings. The Labute approximate surface area is 296 Å². The molecule has 37 heavy (non-hydrogen) atoms. The van der Waals surface area contributed by atoms with Crippen LogP contribution in [0.5, 0.6) is 0 Å². The van der Waals surface area contributed by atoms with Crippen LogP contribution in [0, 0.1) is 0 Å². The molecule has 0 heterocycles. The third-order valence-electron chi connectivity index (χ3n) is 4.83. The van der Waals surface area contributed by atoms with Gasteiger partial charge in [-0.2, -0.15) is 16.8 Å². The van der Waals surface area contributed by atoms with Gasteiger partial charge in [0.25, 0.3) is 20.2 Å². The van der Waals surface area contributed by atoms with E-state index in [1.165, 1.54) is 51.4 Å². The molecule has 0 saturated heterocycles. The second kappa shape index (κ2) is 26.2. The predicted octanol–water partition coefficient (Wildman–Crippen LogP) is 1.77. The number of hydrogen-bond donors (Lipinski definition) is 3. The Morgan fingerprint density at radius 1 is 0.838 bits per heavy atom. The second-order valence-corrected chi connectivity index (χ2v) is 11.1. The maximum absolute atomic E-state index is 11.9. The number of carbonyl (C=O) groups excluding carboxylic acids is 2. The van der Waals surface area contributed by atoms with Gasteiger partial charge < -0.3 is 11.5 Å². The van der Waals surface area contributed by atoms with Crippen LogP contribution in [0.25, 0.3) is 0 Å². The molecule has 15 heteroatoms. The summed E-state index contributed by atoms with van der Waals surface area (Å²) in [6, 6.07) is 8.33. The van der Waals surface area contributed by atoms with Gasteiger partial charge in [-0.15, -0.1) is 0 Å². The van der Waals surface area contributed by atoms with E-state index in [2.05, 4.69) is 18.4 Å². The van der Waals surface area contributed by atoms with Gasteiger partial charge in [0.2, 0.25) is 11.8 Å². The number of benzene rings is 1. The standard InChI is InChI=1S/C18H30O3S.C4H8N2O5S.Ca.2Na/c1-2-3-4-5-6-7-8-9-10-14-17-21-22(19,20)18-15-12-11-13-16-18;5-3(7)1-2(4(6)8)12(9,10)11;;;/h11-13,15-16H,2-10,14,17H2,1H3;2H,1H2,(H2,5,7)(H2,6,8)(H,9,10,11);;;. The van der Waals surface area contributed by atoms with Gasteiger partial charge in [-0.05, 0) is 18.6 Å². The van der Waals surface area contributed by atoms with Gasteiger partial charge in [0.05, 0.1) is 17.9 Å². The van der Waals surface area contributed by atoms with Crippen LogP contribution in [0.1, 0.15) is 77.6 Å². The van der Waals surface area contributed by atoms with Gasteiger partial charge >= 0.3 is 0 Å². The van der Waals surface area contributed by atoms with Crippen molar-refractivity contribution in [3.05, 3.63) is 30.3 Å². The zero-order valence-corrected chi connectivity index (χ0v) is 30.3. The minimum absolute atomic E-state index is 0. The van der Waals surface area contributed by atoms with Crippen LogP contribution in [0.15, 0.2) is 35.2 Å². The monoisotopic (exact) mass is 608 g/mol. The summed E-state index contributed by atoms with van der Waals surface area (Å²) in [7, 11) is -8.21. The van der Waals surface area contributed by atoms with E-state index in [1.807, 2.05) is 0 Å². The normalized spacial score (nSPS) is 11.4. The molecular formula is C22H38CaN2Na2O8S2. The van der Waals surface area contributed by atoms with E-state index in [4.69, 9.17) is 8.74 Å². The summed E-state index contributed by atoms with van der Waals surface area (Å²) >= 11 is 0. The first-order valence-electron chi connectivity index (χ1n) is 11.4. The Bertz CT molecular complexity index is 937. The van der Waals surface area contributed by atoms with Crippen LogP contribution < -0.4 is 11.5 Å². The molecule has 200 valence electrons. The zero-order valence-electron chi connectivity index (χ0n) is 22.4. The number of rotatable bonds is 17. The van der Waals surface area contributed by atoms with Crippen molar-refractivity contribution in [1.82, 2.24) is 0 Å². The van der Waals surface area contributed by atoms with Crippen LogP contribution in [-0.4, -0.2) is 142 Å². The van der Waals surface area contributed by atoms with Gasteiger partial charge in [-0.25, -0.2) is 0 Å². The molecule has 1 aromatic rings. The minimum atomic E-state index is -4.63. The maximum atomic E-state index is 11.9. The Morgan fingerprint density at radius 3 is 1.62 bits per heavy atom. The molecule has 10 nitrogen and oxygen atoms in total. The average molecular weight is 609 g/mol. The van der Waals surface area contributed by atoms with Crippen LogP contribution in [0.2, 0.25) is 0 Å². The van der Waals surface area contributed by atoms with Gasteiger partial charge in [0, 0.05) is 96.9 Å². The van der Waals surface area contributed by atoms with Crippen molar-refractivity contribution in [3.63, 3.8) is 0 Å². The van der Waals surface area contributed by atoms with Gasteiger partial charge in [0.1, 0.15) is 0 Å².